The number of carboxylic acids is 1. The number of aliphatic carboxylic acids is 1. The van der Waals surface area contributed by atoms with Gasteiger partial charge in [0.2, 0.25) is 0 Å². The van der Waals surface area contributed by atoms with Crippen LogP contribution in [0, 0.1) is 0 Å². The number of phosphoric acid groups is 1. The first-order chi connectivity index (χ1) is 29.9. The Morgan fingerprint density at radius 2 is 1.05 bits per heavy atom. The first-order valence-corrected chi connectivity index (χ1v) is 25.4. The molecule has 0 aromatic rings. The molecule has 6 N–H and O–H groups in total. The Hall–Kier alpha value is -2.64. The highest BCUT2D eigenvalue weighted by atomic mass is 31.2. The summed E-state index contributed by atoms with van der Waals surface area (Å²) < 4.78 is 32.6. The molecular weight excluding hydrogens is 813 g/mol. The van der Waals surface area contributed by atoms with Crippen LogP contribution in [-0.4, -0.2) is 82.3 Å². The number of esters is 2. The number of ether oxygens (including phenoxy) is 2. The minimum Gasteiger partial charge on any atom is -0.480 e. The fraction of sp³-hybridized carbons (Fsp3) is 0.771. The van der Waals surface area contributed by atoms with E-state index in [1.54, 1.807) is 36.5 Å². The summed E-state index contributed by atoms with van der Waals surface area (Å²) in [6, 6.07) is -1.56. The molecule has 0 amide bonds. The van der Waals surface area contributed by atoms with Crippen molar-refractivity contribution in [1.82, 2.24) is 0 Å². The standard InChI is InChI=1S/C48H86NO12P/c1-3-5-7-9-11-12-13-14-15-16-17-18-19-20-21-22-23-25-31-37-47(53)61-44(40-59-62(56,57)60-41-45(49)48(54)55)39-58-46(52)38-32-36-43(51)35-30-27-26-29-34-42(50)33-28-24-10-8-6-4-2/h24,26-30,34-35,42-45,50-51H,3-23,25,31-33,36-41,49H2,1-2H3,(H,54,55)(H,56,57)/b27-26+,28-24-,34-29+,35-30-/t42-,43-,44-,45+/m1/s1. The van der Waals surface area contributed by atoms with E-state index in [2.05, 4.69) is 24.4 Å². The van der Waals surface area contributed by atoms with Crippen LogP contribution in [0.4, 0.5) is 0 Å². The first-order valence-electron chi connectivity index (χ1n) is 23.9. The van der Waals surface area contributed by atoms with Crippen molar-refractivity contribution in [2.24, 2.45) is 5.73 Å². The largest absolute Gasteiger partial charge is 0.480 e. The van der Waals surface area contributed by atoms with Gasteiger partial charge >= 0.3 is 25.7 Å². The predicted molar refractivity (Wildman–Crippen MR) is 247 cm³/mol. The highest BCUT2D eigenvalue weighted by Crippen LogP contribution is 2.43. The molecule has 0 aliphatic rings. The molecule has 5 atom stereocenters. The summed E-state index contributed by atoms with van der Waals surface area (Å²) in [7, 11) is -4.78. The molecule has 0 spiro atoms. The molecule has 0 aromatic heterocycles. The van der Waals surface area contributed by atoms with Gasteiger partial charge in [-0.2, -0.15) is 0 Å². The van der Waals surface area contributed by atoms with Crippen molar-refractivity contribution in [2.75, 3.05) is 19.8 Å². The van der Waals surface area contributed by atoms with Crippen LogP contribution in [0.5, 0.6) is 0 Å². The third kappa shape index (κ3) is 41.4. The van der Waals surface area contributed by atoms with E-state index in [0.717, 1.165) is 32.1 Å². The molecule has 0 rings (SSSR count). The summed E-state index contributed by atoms with van der Waals surface area (Å²) in [4.78, 5) is 46.1. The predicted octanol–water partition coefficient (Wildman–Crippen LogP) is 10.9. The fourth-order valence-electron chi connectivity index (χ4n) is 6.44. The van der Waals surface area contributed by atoms with Crippen LogP contribution < -0.4 is 5.73 Å². The SMILES string of the molecule is CCCCC/C=C\C[C@@H](O)/C=C/C=C/C=C\[C@@H](O)CCCC(=O)OC[C@H](COP(=O)(O)OC[C@H](N)C(=O)O)OC(=O)CCCCCCCCCCCCCCCCCCCCC. The fourth-order valence-corrected chi connectivity index (χ4v) is 7.21. The van der Waals surface area contributed by atoms with Crippen molar-refractivity contribution in [3.8, 4) is 0 Å². The van der Waals surface area contributed by atoms with Gasteiger partial charge in [0.25, 0.3) is 0 Å². The molecule has 0 aliphatic carbocycles. The van der Waals surface area contributed by atoms with Gasteiger partial charge in [0.15, 0.2) is 6.10 Å². The summed E-state index contributed by atoms with van der Waals surface area (Å²) in [5.74, 6) is -2.64. The summed E-state index contributed by atoms with van der Waals surface area (Å²) in [5.41, 5.74) is 5.33. The van der Waals surface area contributed by atoms with Gasteiger partial charge in [0, 0.05) is 12.8 Å². The Morgan fingerprint density at radius 3 is 1.58 bits per heavy atom. The highest BCUT2D eigenvalue weighted by molar-refractivity contribution is 7.47. The number of hydrogen-bond acceptors (Lipinski definition) is 11. The smallest absolute Gasteiger partial charge is 0.472 e. The zero-order chi connectivity index (χ0) is 45.9. The van der Waals surface area contributed by atoms with Gasteiger partial charge in [-0.05, 0) is 38.5 Å². The highest BCUT2D eigenvalue weighted by Gasteiger charge is 2.28. The van der Waals surface area contributed by atoms with Crippen molar-refractivity contribution in [3.63, 3.8) is 0 Å². The van der Waals surface area contributed by atoms with Crippen LogP contribution in [0.2, 0.25) is 0 Å². The van der Waals surface area contributed by atoms with Crippen LogP contribution in [-0.2, 0) is 37.5 Å². The Balaban J connectivity index is 4.51. The number of carbonyl (C=O) groups is 3. The van der Waals surface area contributed by atoms with Gasteiger partial charge in [-0.25, -0.2) is 4.57 Å². The maximum Gasteiger partial charge on any atom is 0.472 e. The number of hydrogen-bond donors (Lipinski definition) is 5. The van der Waals surface area contributed by atoms with E-state index in [1.165, 1.54) is 109 Å². The topological polar surface area (TPSA) is 212 Å². The van der Waals surface area contributed by atoms with E-state index < -0.39 is 69.9 Å². The number of phosphoric ester groups is 1. The van der Waals surface area contributed by atoms with Crippen LogP contribution in [0.3, 0.4) is 0 Å². The molecule has 0 bridgehead atoms. The van der Waals surface area contributed by atoms with Crippen LogP contribution in [0.25, 0.3) is 0 Å². The summed E-state index contributed by atoms with van der Waals surface area (Å²) in [5, 5.41) is 29.2. The summed E-state index contributed by atoms with van der Waals surface area (Å²) in [6.07, 6.45) is 40.9. The lowest BCUT2D eigenvalue weighted by Crippen LogP contribution is -2.34. The molecule has 360 valence electrons. The van der Waals surface area contributed by atoms with Crippen molar-refractivity contribution >= 4 is 25.7 Å². The third-order valence-electron chi connectivity index (χ3n) is 10.3. The Bertz CT molecular complexity index is 1270. The molecule has 0 aliphatic heterocycles. The Labute approximate surface area is 374 Å². The van der Waals surface area contributed by atoms with Gasteiger partial charge in [0.1, 0.15) is 12.6 Å². The van der Waals surface area contributed by atoms with Gasteiger partial charge in [-0.3, -0.25) is 23.4 Å². The van der Waals surface area contributed by atoms with Gasteiger partial charge in [-0.15, -0.1) is 0 Å². The minimum atomic E-state index is -4.78. The van der Waals surface area contributed by atoms with Crippen LogP contribution >= 0.6 is 7.82 Å². The second-order valence-corrected chi connectivity index (χ2v) is 17.8. The monoisotopic (exact) mass is 900 g/mol. The lowest BCUT2D eigenvalue weighted by atomic mass is 10.0. The average molecular weight is 900 g/mol. The molecular formula is C48H86NO12P. The molecule has 0 saturated heterocycles. The van der Waals surface area contributed by atoms with E-state index in [1.807, 2.05) is 6.08 Å². The zero-order valence-electron chi connectivity index (χ0n) is 38.4. The van der Waals surface area contributed by atoms with E-state index in [4.69, 9.17) is 24.8 Å². The second kappa shape index (κ2) is 42.3. The summed E-state index contributed by atoms with van der Waals surface area (Å²) >= 11 is 0. The Morgan fingerprint density at radius 1 is 0.581 bits per heavy atom. The number of unbranched alkanes of at least 4 members (excludes halogenated alkanes) is 21. The van der Waals surface area contributed by atoms with E-state index in [9.17, 15) is 34.1 Å². The first kappa shape index (κ1) is 59.4. The molecule has 0 aromatic carbocycles. The molecule has 14 heteroatoms. The average Bonchev–Trinajstić information content (AvgIpc) is 3.24. The number of allylic oxidation sites excluding steroid dienone is 5. The number of nitrogens with two attached hydrogens (primary N) is 1. The molecule has 13 nitrogen and oxygen atoms in total. The molecule has 0 heterocycles. The van der Waals surface area contributed by atoms with Crippen molar-refractivity contribution < 1.29 is 57.7 Å². The van der Waals surface area contributed by atoms with E-state index >= 15 is 0 Å². The van der Waals surface area contributed by atoms with E-state index in [-0.39, 0.29) is 19.3 Å². The number of aliphatic hydroxyl groups excluding tert-OH is 2. The molecule has 62 heavy (non-hydrogen) atoms. The molecule has 1 unspecified atom stereocenters. The van der Waals surface area contributed by atoms with Crippen molar-refractivity contribution in [3.05, 3.63) is 48.6 Å². The number of rotatable bonds is 44. The maximum atomic E-state index is 12.7. The van der Waals surface area contributed by atoms with Crippen molar-refractivity contribution in [1.29, 1.82) is 0 Å². The van der Waals surface area contributed by atoms with Gasteiger partial charge in [0.05, 0.1) is 25.4 Å². The van der Waals surface area contributed by atoms with Crippen LogP contribution in [0.1, 0.15) is 194 Å². The van der Waals surface area contributed by atoms with Gasteiger partial charge < -0.3 is 35.4 Å². The van der Waals surface area contributed by atoms with E-state index in [0.29, 0.717) is 19.3 Å². The number of carbonyl (C=O) groups excluding carboxylic acids is 2. The summed E-state index contributed by atoms with van der Waals surface area (Å²) in [6.45, 7) is 2.52. The molecule has 0 radical (unpaired) electrons. The lowest BCUT2D eigenvalue weighted by Gasteiger charge is -2.20. The number of aliphatic hydroxyl groups is 2. The zero-order valence-corrected chi connectivity index (χ0v) is 39.3. The lowest BCUT2D eigenvalue weighted by molar-refractivity contribution is -0.161. The van der Waals surface area contributed by atoms with Gasteiger partial charge in [-0.1, -0.05) is 191 Å². The maximum absolute atomic E-state index is 12.7. The third-order valence-corrected chi connectivity index (χ3v) is 11.2. The minimum absolute atomic E-state index is 0.0377. The Kier molecular flexibility index (Phi) is 40.5. The van der Waals surface area contributed by atoms with Crippen LogP contribution in [0.15, 0.2) is 48.6 Å². The number of carboxylic acid groups (broad SMARTS) is 1. The molecule has 0 fully saturated rings. The normalized spacial score (nSPS) is 15.1. The molecule has 0 saturated carbocycles. The second-order valence-electron chi connectivity index (χ2n) is 16.3. The quantitative estimate of drug-likeness (QED) is 0.0127. The van der Waals surface area contributed by atoms with Crippen molar-refractivity contribution in [2.45, 2.75) is 218 Å².